The second-order valence-electron chi connectivity index (χ2n) is 34.3. The Morgan fingerprint density at radius 1 is 0.0809 bits per heavy atom. The Morgan fingerprint density at radius 2 is 0.140 bits per heavy atom. The minimum atomic E-state index is -3.00. The molecule has 0 atom stereocenters. The van der Waals surface area contributed by atoms with Gasteiger partial charge in [-0.25, -0.2) is 0 Å². The predicted molar refractivity (Wildman–Crippen MR) is 590 cm³/mol. The third-order valence-electron chi connectivity index (χ3n) is 27.2. The van der Waals surface area contributed by atoms with E-state index < -0.39 is 48.4 Å². The number of hydrogen-bond donors (Lipinski definition) is 0. The van der Waals surface area contributed by atoms with Gasteiger partial charge in [-0.05, 0) is 0 Å². The van der Waals surface area contributed by atoms with Gasteiger partial charge in [0, 0.05) is 0 Å². The van der Waals surface area contributed by atoms with Crippen LogP contribution < -0.4 is 93.4 Å². The van der Waals surface area contributed by atoms with E-state index in [-0.39, 0.29) is 17.4 Å². The van der Waals surface area contributed by atoms with Gasteiger partial charge in [-0.2, -0.15) is 68.6 Å². The molecule has 0 fully saturated rings. The molecular weight excluding hydrogens is 1770 g/mol. The van der Waals surface area contributed by atoms with Gasteiger partial charge in [-0.1, -0.05) is 658 Å². The molecule has 651 valence electrons. The van der Waals surface area contributed by atoms with E-state index in [2.05, 4.69) is 637 Å². The molecule has 0 N–H and O–H groups in total. The summed E-state index contributed by atoms with van der Waals surface area (Å²) < 4.78 is 0. The molecule has 0 bridgehead atoms. The van der Waals surface area contributed by atoms with E-state index >= 15 is 0 Å². The van der Waals surface area contributed by atoms with Gasteiger partial charge in [0.2, 0.25) is 0 Å². The van der Waals surface area contributed by atoms with Crippen molar-refractivity contribution < 1.29 is 17.4 Å². The summed E-state index contributed by atoms with van der Waals surface area (Å²) >= 11 is 0. The topological polar surface area (TPSA) is 0 Å². The zero-order chi connectivity index (χ0) is 91.1. The Labute approximate surface area is 821 Å². The van der Waals surface area contributed by atoms with Crippen molar-refractivity contribution in [2.45, 2.75) is 0 Å². The second-order valence-corrected chi connectivity index (χ2v) is 58.2. The maximum atomic E-state index is 2.38. The maximum absolute atomic E-state index is 3.00. The van der Waals surface area contributed by atoms with Crippen LogP contribution in [0.1, 0.15) is 16.7 Å². The quantitative estimate of drug-likeness (QED) is 0.0273. The fourth-order valence-corrected chi connectivity index (χ4v) is 63.7. The van der Waals surface area contributed by atoms with Gasteiger partial charge < -0.3 is 0 Å². The summed E-state index contributed by atoms with van der Waals surface area (Å²) in [5, 5.41) is 29.7. The Hall–Kier alpha value is -14.9. The molecule has 0 aliphatic heterocycles. The summed E-state index contributed by atoms with van der Waals surface area (Å²) in [6, 6.07) is 239. The molecule has 0 saturated heterocycles. The standard InChI is InChI=1S/3C43H35Si2.Cr/c3*1-8-22-36(23-9-1)43(44(37-24-10-2-11-25-37,38-26-12-3-13-27-38)39-28-14-4-15-29-39)45(40-30-16-5-17-31-40,41-32-18-6-19-33-41)42-34-20-7-21-35-42;/h3*1-35H;/q3*-1;+3. The zero-order valence-electron chi connectivity index (χ0n) is 76.0. The molecule has 0 nitrogen and oxygen atoms in total. The Kier molecular flexibility index (Phi) is 29.2. The van der Waals surface area contributed by atoms with Crippen LogP contribution in [-0.2, 0) is 17.4 Å². The largest absolute Gasteiger partial charge is 3.00 e. The van der Waals surface area contributed by atoms with Gasteiger partial charge in [-0.15, -0.1) is 36.4 Å². The molecular formula is C129H105CrSi6. The first kappa shape index (κ1) is 91.6. The Balaban J connectivity index is 0.000000135. The molecule has 0 aliphatic carbocycles. The van der Waals surface area contributed by atoms with Crippen LogP contribution >= 0.6 is 0 Å². The monoisotopic (exact) mass is 1870 g/mol. The second kappa shape index (κ2) is 43.4. The van der Waals surface area contributed by atoms with Crippen LogP contribution in [0.2, 0.25) is 0 Å². The molecule has 0 aliphatic rings. The van der Waals surface area contributed by atoms with Crippen LogP contribution in [0.5, 0.6) is 0 Å². The van der Waals surface area contributed by atoms with Crippen LogP contribution in [0.25, 0.3) is 0 Å². The van der Waals surface area contributed by atoms with Crippen molar-refractivity contribution in [2.75, 3.05) is 0 Å². The van der Waals surface area contributed by atoms with Crippen molar-refractivity contribution in [2.24, 2.45) is 0 Å². The van der Waals surface area contributed by atoms with E-state index in [1.807, 2.05) is 0 Å². The fourth-order valence-electron chi connectivity index (χ4n) is 21.9. The summed E-state index contributed by atoms with van der Waals surface area (Å²) in [5.41, 5.74) is 3.93. The minimum Gasteiger partial charge on any atom is -0.191 e. The van der Waals surface area contributed by atoms with Gasteiger partial charge in [0.05, 0.1) is 0 Å². The van der Waals surface area contributed by atoms with Crippen LogP contribution in [0.15, 0.2) is 637 Å². The third-order valence-corrected chi connectivity index (χ3v) is 61.7. The van der Waals surface area contributed by atoms with Gasteiger partial charge in [0.15, 0.2) is 0 Å². The molecule has 0 aromatic heterocycles. The molecule has 0 unspecified atom stereocenters. The summed E-state index contributed by atoms with van der Waals surface area (Å²) in [5.74, 6) is 0. The van der Waals surface area contributed by atoms with Crippen molar-refractivity contribution in [1.82, 2.24) is 0 Å². The molecule has 136 heavy (non-hydrogen) atoms. The van der Waals surface area contributed by atoms with E-state index in [9.17, 15) is 0 Å². The molecule has 0 saturated carbocycles. The first-order valence-corrected chi connectivity index (χ1v) is 58.9. The molecule has 21 aromatic carbocycles. The number of benzene rings is 21. The van der Waals surface area contributed by atoms with E-state index in [1.54, 1.807) is 15.5 Å². The Bertz CT molecular complexity index is 5480. The number of hydrogen-bond acceptors (Lipinski definition) is 0. The average Bonchev–Trinajstić information content (AvgIpc) is 0.698. The van der Waals surface area contributed by atoms with E-state index in [0.29, 0.717) is 0 Å². The van der Waals surface area contributed by atoms with Gasteiger partial charge >= 0.3 is 17.4 Å². The summed E-state index contributed by atoms with van der Waals surface area (Å²) in [7, 11) is -18.0. The van der Waals surface area contributed by atoms with Gasteiger partial charge in [0.25, 0.3) is 0 Å². The van der Waals surface area contributed by atoms with Crippen LogP contribution in [-0.4, -0.2) is 48.4 Å². The van der Waals surface area contributed by atoms with Crippen molar-refractivity contribution in [1.29, 1.82) is 0 Å². The summed E-state index contributed by atoms with van der Waals surface area (Å²) in [4.78, 5) is 0. The molecule has 0 spiro atoms. The molecule has 0 amide bonds. The van der Waals surface area contributed by atoms with E-state index in [1.165, 1.54) is 110 Å². The van der Waals surface area contributed by atoms with E-state index in [0.717, 1.165) is 0 Å². The molecule has 0 heterocycles. The van der Waals surface area contributed by atoms with Gasteiger partial charge in [-0.3, -0.25) is 0 Å². The van der Waals surface area contributed by atoms with Gasteiger partial charge in [0.1, 0.15) is 48.4 Å². The predicted octanol–water partition coefficient (Wildman–Crippen LogP) is 18.1. The summed E-state index contributed by atoms with van der Waals surface area (Å²) in [6.45, 7) is 0. The first-order chi connectivity index (χ1) is 67.1. The van der Waals surface area contributed by atoms with Crippen molar-refractivity contribution >= 4 is 142 Å². The average molecular weight is 1880 g/mol. The molecule has 1 radical (unpaired) electrons. The SMILES string of the molecule is [Cr+3].c1ccc([C-]([Si](c2ccccc2)(c2ccccc2)c2ccccc2)[Si](c2ccccc2)(c2ccccc2)c2ccccc2)cc1.c1ccc([C-]([Si](c2ccccc2)(c2ccccc2)c2ccccc2)[Si](c2ccccc2)(c2ccccc2)c2ccccc2)cc1.c1ccc([C-]([Si](c2ccccc2)(c2ccccc2)c2ccccc2)[Si](c2ccccc2)(c2ccccc2)c2ccccc2)cc1. The molecule has 21 rings (SSSR count). The van der Waals surface area contributed by atoms with Crippen LogP contribution in [0.3, 0.4) is 0 Å². The van der Waals surface area contributed by atoms with Crippen LogP contribution in [0, 0.1) is 15.5 Å². The fraction of sp³-hybridized carbons (Fsp3) is 0. The molecule has 21 aromatic rings. The molecule has 7 heteroatoms. The number of rotatable bonds is 27. The van der Waals surface area contributed by atoms with Crippen molar-refractivity contribution in [3.8, 4) is 0 Å². The Morgan fingerprint density at radius 3 is 0.206 bits per heavy atom. The van der Waals surface area contributed by atoms with Crippen molar-refractivity contribution in [3.63, 3.8) is 0 Å². The van der Waals surface area contributed by atoms with Crippen molar-refractivity contribution in [3.05, 3.63) is 669 Å². The van der Waals surface area contributed by atoms with E-state index in [4.69, 9.17) is 0 Å². The summed E-state index contributed by atoms with van der Waals surface area (Å²) in [6.07, 6.45) is 0. The first-order valence-electron chi connectivity index (χ1n) is 46.9. The normalized spacial score (nSPS) is 11.5. The maximum Gasteiger partial charge on any atom is 3.00 e. The third kappa shape index (κ3) is 17.4. The smallest absolute Gasteiger partial charge is 0.191 e. The van der Waals surface area contributed by atoms with Crippen LogP contribution in [0.4, 0.5) is 0 Å². The minimum absolute atomic E-state index is 0. The zero-order valence-corrected chi connectivity index (χ0v) is 83.3.